The number of nitrogens with zero attached hydrogens (tertiary/aromatic N) is 1. The van der Waals surface area contributed by atoms with Gasteiger partial charge in [0.15, 0.2) is 0 Å². The van der Waals surface area contributed by atoms with E-state index in [-0.39, 0.29) is 6.10 Å². The molecule has 1 unspecified atom stereocenters. The van der Waals surface area contributed by atoms with Gasteiger partial charge in [-0.2, -0.15) is 0 Å². The van der Waals surface area contributed by atoms with Crippen molar-refractivity contribution in [2.45, 2.75) is 32.0 Å². The third kappa shape index (κ3) is 5.14. The number of carbonyl (C=O) groups is 1. The summed E-state index contributed by atoms with van der Waals surface area (Å²) in [4.78, 5) is 12.5. The maximum absolute atomic E-state index is 11.0. The van der Waals surface area contributed by atoms with E-state index in [0.29, 0.717) is 19.7 Å². The summed E-state index contributed by atoms with van der Waals surface area (Å²) >= 11 is 0. The molecule has 3 rings (SSSR count). The molecule has 0 bridgehead atoms. The van der Waals surface area contributed by atoms with Crippen molar-refractivity contribution in [2.24, 2.45) is 0 Å². The van der Waals surface area contributed by atoms with Crippen molar-refractivity contribution in [1.82, 2.24) is 4.90 Å². The molecule has 5 nitrogen and oxygen atoms in total. The lowest BCUT2D eigenvalue weighted by molar-refractivity contribution is 0.142. The lowest BCUT2D eigenvalue weighted by Gasteiger charge is -2.18. The number of likely N-dealkylation sites (tertiary alicyclic amines) is 1. The molecule has 1 aliphatic rings. The highest BCUT2D eigenvalue weighted by atomic mass is 16.5. The predicted molar refractivity (Wildman–Crippen MR) is 95.1 cm³/mol. The summed E-state index contributed by atoms with van der Waals surface area (Å²) in [5, 5.41) is 9.07. The van der Waals surface area contributed by atoms with E-state index in [2.05, 4.69) is 0 Å². The molecule has 0 aromatic heterocycles. The van der Waals surface area contributed by atoms with Gasteiger partial charge in [-0.25, -0.2) is 4.79 Å². The first-order valence-electron chi connectivity index (χ1n) is 8.62. The quantitative estimate of drug-likeness (QED) is 0.886. The Balaban J connectivity index is 1.49. The number of hydrogen-bond donors (Lipinski definition) is 1. The highest BCUT2D eigenvalue weighted by molar-refractivity contribution is 5.64. The van der Waals surface area contributed by atoms with Gasteiger partial charge in [0, 0.05) is 19.5 Å². The Morgan fingerprint density at radius 1 is 1.00 bits per heavy atom. The highest BCUT2D eigenvalue weighted by Crippen LogP contribution is 2.22. The molecule has 2 aromatic rings. The summed E-state index contributed by atoms with van der Waals surface area (Å²) in [5.74, 6) is 1.59. The fourth-order valence-corrected chi connectivity index (χ4v) is 2.92. The van der Waals surface area contributed by atoms with Crippen LogP contribution in [-0.4, -0.2) is 35.3 Å². The van der Waals surface area contributed by atoms with Crippen molar-refractivity contribution in [3.63, 3.8) is 0 Å². The molecule has 5 heteroatoms. The summed E-state index contributed by atoms with van der Waals surface area (Å²) < 4.78 is 11.8. The molecule has 1 amide bonds. The van der Waals surface area contributed by atoms with E-state index in [1.165, 1.54) is 4.90 Å². The Kier molecular flexibility index (Phi) is 5.77. The lowest BCUT2D eigenvalue weighted by atomic mass is 10.1. The predicted octanol–water partition coefficient (Wildman–Crippen LogP) is 4.18. The maximum atomic E-state index is 11.0. The fourth-order valence-electron chi connectivity index (χ4n) is 2.92. The summed E-state index contributed by atoms with van der Waals surface area (Å²) in [6.45, 7) is 1.65. The van der Waals surface area contributed by atoms with Gasteiger partial charge in [0.1, 0.15) is 24.2 Å². The van der Waals surface area contributed by atoms with E-state index in [0.717, 1.165) is 36.3 Å². The molecule has 0 radical (unpaired) electrons. The number of rotatable bonds is 5. The SMILES string of the molecule is O=C(O)N1CCCC(Oc2ccc(OCc3ccccc3)cc2)CC1. The van der Waals surface area contributed by atoms with Crippen molar-refractivity contribution in [3.8, 4) is 11.5 Å². The molecular weight excluding hydrogens is 318 g/mol. The maximum Gasteiger partial charge on any atom is 0.407 e. The molecule has 1 atom stereocenters. The first kappa shape index (κ1) is 17.1. The topological polar surface area (TPSA) is 59.0 Å². The number of benzene rings is 2. The Labute approximate surface area is 147 Å². The molecule has 132 valence electrons. The van der Waals surface area contributed by atoms with Crippen LogP contribution in [0.2, 0.25) is 0 Å². The summed E-state index contributed by atoms with van der Waals surface area (Å²) in [6, 6.07) is 17.6. The number of carboxylic acid groups (broad SMARTS) is 1. The Hall–Kier alpha value is -2.69. The average molecular weight is 341 g/mol. The van der Waals surface area contributed by atoms with Crippen LogP contribution in [0.15, 0.2) is 54.6 Å². The monoisotopic (exact) mass is 341 g/mol. The van der Waals surface area contributed by atoms with Crippen molar-refractivity contribution in [1.29, 1.82) is 0 Å². The van der Waals surface area contributed by atoms with Gasteiger partial charge in [0.05, 0.1) is 0 Å². The normalized spacial score (nSPS) is 17.6. The van der Waals surface area contributed by atoms with Crippen LogP contribution >= 0.6 is 0 Å². The van der Waals surface area contributed by atoms with Gasteiger partial charge in [0.25, 0.3) is 0 Å². The third-order valence-electron chi connectivity index (χ3n) is 4.32. The molecule has 1 aliphatic heterocycles. The van der Waals surface area contributed by atoms with E-state index >= 15 is 0 Å². The van der Waals surface area contributed by atoms with E-state index in [1.807, 2.05) is 54.6 Å². The molecule has 0 spiro atoms. The molecule has 1 fully saturated rings. The molecule has 0 saturated carbocycles. The summed E-state index contributed by atoms with van der Waals surface area (Å²) in [7, 11) is 0. The van der Waals surface area contributed by atoms with E-state index < -0.39 is 6.09 Å². The number of ether oxygens (including phenoxy) is 2. The van der Waals surface area contributed by atoms with Crippen LogP contribution in [0.25, 0.3) is 0 Å². The van der Waals surface area contributed by atoms with Gasteiger partial charge >= 0.3 is 6.09 Å². The fraction of sp³-hybridized carbons (Fsp3) is 0.350. The summed E-state index contributed by atoms with van der Waals surface area (Å²) in [6.07, 6.45) is 1.63. The van der Waals surface area contributed by atoms with Crippen molar-refractivity contribution in [3.05, 3.63) is 60.2 Å². The van der Waals surface area contributed by atoms with Gasteiger partial charge in [-0.15, -0.1) is 0 Å². The van der Waals surface area contributed by atoms with Gasteiger partial charge in [0.2, 0.25) is 0 Å². The second-order valence-electron chi connectivity index (χ2n) is 6.19. The average Bonchev–Trinajstić information content (AvgIpc) is 2.88. The Bertz CT molecular complexity index is 672. The van der Waals surface area contributed by atoms with E-state index in [1.54, 1.807) is 0 Å². The highest BCUT2D eigenvalue weighted by Gasteiger charge is 2.21. The van der Waals surface area contributed by atoms with Crippen LogP contribution in [0.4, 0.5) is 4.79 Å². The zero-order chi connectivity index (χ0) is 17.5. The standard InChI is InChI=1S/C20H23NO4/c22-20(23)21-13-4-7-18(12-14-21)25-19-10-8-17(9-11-19)24-15-16-5-2-1-3-6-16/h1-3,5-6,8-11,18H,4,7,12-15H2,(H,22,23). The first-order chi connectivity index (χ1) is 12.2. The largest absolute Gasteiger partial charge is 0.490 e. The molecular formula is C20H23NO4. The Morgan fingerprint density at radius 3 is 2.44 bits per heavy atom. The lowest BCUT2D eigenvalue weighted by Crippen LogP contribution is -2.30. The second-order valence-corrected chi connectivity index (χ2v) is 6.19. The van der Waals surface area contributed by atoms with Crippen LogP contribution in [-0.2, 0) is 6.61 Å². The number of amides is 1. The minimum atomic E-state index is -0.847. The molecule has 2 aromatic carbocycles. The Morgan fingerprint density at radius 2 is 1.72 bits per heavy atom. The minimum Gasteiger partial charge on any atom is -0.490 e. The van der Waals surface area contributed by atoms with Crippen LogP contribution < -0.4 is 9.47 Å². The molecule has 1 saturated heterocycles. The molecule has 0 aliphatic carbocycles. The third-order valence-corrected chi connectivity index (χ3v) is 4.32. The second kappa shape index (κ2) is 8.42. The zero-order valence-electron chi connectivity index (χ0n) is 14.1. The summed E-state index contributed by atoms with van der Waals surface area (Å²) in [5.41, 5.74) is 1.13. The first-order valence-corrected chi connectivity index (χ1v) is 8.62. The van der Waals surface area contributed by atoms with Crippen LogP contribution in [0.1, 0.15) is 24.8 Å². The van der Waals surface area contributed by atoms with Gasteiger partial charge in [-0.1, -0.05) is 30.3 Å². The molecule has 1 heterocycles. The van der Waals surface area contributed by atoms with Gasteiger partial charge in [-0.05, 0) is 42.7 Å². The van der Waals surface area contributed by atoms with Crippen LogP contribution in [0, 0.1) is 0 Å². The number of hydrogen-bond acceptors (Lipinski definition) is 3. The van der Waals surface area contributed by atoms with Crippen molar-refractivity contribution < 1.29 is 19.4 Å². The van der Waals surface area contributed by atoms with Crippen LogP contribution in [0.3, 0.4) is 0 Å². The van der Waals surface area contributed by atoms with Crippen molar-refractivity contribution >= 4 is 6.09 Å². The van der Waals surface area contributed by atoms with E-state index in [4.69, 9.17) is 14.6 Å². The smallest absolute Gasteiger partial charge is 0.407 e. The minimum absolute atomic E-state index is 0.0560. The molecule has 25 heavy (non-hydrogen) atoms. The van der Waals surface area contributed by atoms with E-state index in [9.17, 15) is 4.79 Å². The van der Waals surface area contributed by atoms with Crippen LogP contribution in [0.5, 0.6) is 11.5 Å². The molecule has 1 N–H and O–H groups in total. The van der Waals surface area contributed by atoms with Crippen molar-refractivity contribution in [2.75, 3.05) is 13.1 Å². The van der Waals surface area contributed by atoms with Gasteiger partial charge in [-0.3, -0.25) is 0 Å². The zero-order valence-corrected chi connectivity index (χ0v) is 14.1. The van der Waals surface area contributed by atoms with Gasteiger partial charge < -0.3 is 19.5 Å².